The van der Waals surface area contributed by atoms with Crippen LogP contribution in [0, 0.1) is 5.82 Å². The van der Waals surface area contributed by atoms with Gasteiger partial charge in [0.1, 0.15) is 5.82 Å². The summed E-state index contributed by atoms with van der Waals surface area (Å²) in [6.45, 7) is 4.83. The largest absolute Gasteiger partial charge is 0.355 e. The van der Waals surface area contributed by atoms with Crippen LogP contribution in [0.15, 0.2) is 42.7 Å². The zero-order valence-corrected chi connectivity index (χ0v) is 14.4. The highest BCUT2D eigenvalue weighted by atomic mass is 19.1. The minimum atomic E-state index is -0.255. The number of carbonyl (C=O) groups excluding carboxylic acids is 1. The smallest absolute Gasteiger partial charge is 0.234 e. The van der Waals surface area contributed by atoms with Gasteiger partial charge in [-0.3, -0.25) is 9.69 Å². The van der Waals surface area contributed by atoms with Crippen molar-refractivity contribution in [3.8, 4) is 5.69 Å². The maximum Gasteiger partial charge on any atom is 0.234 e. The SMILES string of the molecule is CCCNC(=O)CN1CC=C(c2cnn(-c3ccc(F)cc3)c2)CC1. The van der Waals surface area contributed by atoms with Gasteiger partial charge in [0.05, 0.1) is 18.4 Å². The Bertz CT molecular complexity index is 751. The normalized spacial score (nSPS) is 15.0. The fourth-order valence-corrected chi connectivity index (χ4v) is 2.86. The van der Waals surface area contributed by atoms with E-state index in [4.69, 9.17) is 0 Å². The van der Waals surface area contributed by atoms with Crippen molar-refractivity contribution < 1.29 is 9.18 Å². The average Bonchev–Trinajstić information content (AvgIpc) is 3.11. The number of halogens is 1. The Labute approximate surface area is 147 Å². The molecule has 2 aromatic rings. The van der Waals surface area contributed by atoms with Gasteiger partial charge in [0.15, 0.2) is 0 Å². The van der Waals surface area contributed by atoms with Crippen LogP contribution < -0.4 is 5.32 Å². The molecule has 1 aromatic heterocycles. The Kier molecular flexibility index (Phi) is 5.60. The van der Waals surface area contributed by atoms with E-state index in [1.54, 1.807) is 16.8 Å². The van der Waals surface area contributed by atoms with Crippen LogP contribution in [0.3, 0.4) is 0 Å². The van der Waals surface area contributed by atoms with Crippen LogP contribution in [0.4, 0.5) is 4.39 Å². The van der Waals surface area contributed by atoms with Crippen molar-refractivity contribution in [2.24, 2.45) is 0 Å². The van der Waals surface area contributed by atoms with E-state index in [1.165, 1.54) is 17.7 Å². The lowest BCUT2D eigenvalue weighted by molar-refractivity contribution is -0.122. The minimum Gasteiger partial charge on any atom is -0.355 e. The van der Waals surface area contributed by atoms with E-state index in [1.807, 2.05) is 19.3 Å². The monoisotopic (exact) mass is 342 g/mol. The van der Waals surface area contributed by atoms with Crippen molar-refractivity contribution in [2.75, 3.05) is 26.2 Å². The average molecular weight is 342 g/mol. The van der Waals surface area contributed by atoms with E-state index < -0.39 is 0 Å². The molecule has 1 amide bonds. The van der Waals surface area contributed by atoms with Crippen molar-refractivity contribution in [1.82, 2.24) is 20.0 Å². The summed E-state index contributed by atoms with van der Waals surface area (Å²) in [5.74, 6) is -0.169. The first-order chi connectivity index (χ1) is 12.2. The van der Waals surface area contributed by atoms with Gasteiger partial charge in [0.25, 0.3) is 0 Å². The van der Waals surface area contributed by atoms with Gasteiger partial charge in [-0.25, -0.2) is 9.07 Å². The molecule has 0 bridgehead atoms. The highest BCUT2D eigenvalue weighted by molar-refractivity contribution is 5.78. The molecule has 0 aliphatic carbocycles. The molecule has 6 heteroatoms. The van der Waals surface area contributed by atoms with Crippen LogP contribution in [0.5, 0.6) is 0 Å². The molecular weight excluding hydrogens is 319 g/mol. The lowest BCUT2D eigenvalue weighted by Gasteiger charge is -2.25. The highest BCUT2D eigenvalue weighted by Gasteiger charge is 2.16. The van der Waals surface area contributed by atoms with Gasteiger partial charge in [-0.05, 0) is 42.7 Å². The van der Waals surface area contributed by atoms with Gasteiger partial charge in [-0.15, -0.1) is 0 Å². The van der Waals surface area contributed by atoms with Crippen LogP contribution in [0.1, 0.15) is 25.3 Å². The first kappa shape index (κ1) is 17.4. The molecule has 0 unspecified atom stereocenters. The molecule has 0 fully saturated rings. The number of rotatable bonds is 6. The molecule has 0 radical (unpaired) electrons. The summed E-state index contributed by atoms with van der Waals surface area (Å²) in [6.07, 6.45) is 7.79. The molecule has 1 N–H and O–H groups in total. The number of hydrogen-bond acceptors (Lipinski definition) is 3. The molecule has 3 rings (SSSR count). The minimum absolute atomic E-state index is 0.0860. The standard InChI is InChI=1S/C19H23FN4O/c1-2-9-21-19(25)14-23-10-7-15(8-11-23)16-12-22-24(13-16)18-5-3-17(20)4-6-18/h3-7,12-13H,2,8-11,14H2,1H3,(H,21,25). The van der Waals surface area contributed by atoms with Gasteiger partial charge in [-0.1, -0.05) is 13.0 Å². The number of aromatic nitrogens is 2. The summed E-state index contributed by atoms with van der Waals surface area (Å²) < 4.78 is 14.8. The first-order valence-electron chi connectivity index (χ1n) is 8.65. The molecule has 0 saturated heterocycles. The predicted molar refractivity (Wildman–Crippen MR) is 95.9 cm³/mol. The summed E-state index contributed by atoms with van der Waals surface area (Å²) in [6, 6.07) is 6.27. The zero-order valence-electron chi connectivity index (χ0n) is 14.4. The van der Waals surface area contributed by atoms with E-state index in [-0.39, 0.29) is 11.7 Å². The summed E-state index contributed by atoms with van der Waals surface area (Å²) >= 11 is 0. The molecule has 1 aliphatic rings. The maximum atomic E-state index is 13.0. The molecule has 1 aromatic carbocycles. The van der Waals surface area contributed by atoms with Crippen LogP contribution in [-0.4, -0.2) is 46.8 Å². The van der Waals surface area contributed by atoms with E-state index in [2.05, 4.69) is 21.4 Å². The molecule has 25 heavy (non-hydrogen) atoms. The predicted octanol–water partition coefficient (Wildman–Crippen LogP) is 2.63. The molecule has 0 atom stereocenters. The van der Waals surface area contributed by atoms with Crippen molar-refractivity contribution in [1.29, 1.82) is 0 Å². The number of amides is 1. The Morgan fingerprint density at radius 3 is 2.80 bits per heavy atom. The number of carbonyl (C=O) groups is 1. The van der Waals surface area contributed by atoms with Crippen molar-refractivity contribution in [3.05, 3.63) is 54.1 Å². The van der Waals surface area contributed by atoms with E-state index >= 15 is 0 Å². The summed E-state index contributed by atoms with van der Waals surface area (Å²) in [7, 11) is 0. The summed E-state index contributed by atoms with van der Waals surface area (Å²) in [4.78, 5) is 13.9. The number of nitrogens with zero attached hydrogens (tertiary/aromatic N) is 3. The van der Waals surface area contributed by atoms with Crippen LogP contribution >= 0.6 is 0 Å². The van der Waals surface area contributed by atoms with Gasteiger partial charge < -0.3 is 5.32 Å². The summed E-state index contributed by atoms with van der Waals surface area (Å²) in [5.41, 5.74) is 3.14. The molecule has 2 heterocycles. The van der Waals surface area contributed by atoms with Crippen LogP contribution in [0.2, 0.25) is 0 Å². The molecule has 132 valence electrons. The Morgan fingerprint density at radius 1 is 1.32 bits per heavy atom. The zero-order chi connectivity index (χ0) is 17.6. The maximum absolute atomic E-state index is 13.0. The number of benzene rings is 1. The quantitative estimate of drug-likeness (QED) is 0.878. The van der Waals surface area contributed by atoms with Gasteiger partial charge in [0, 0.05) is 31.4 Å². The Hall–Kier alpha value is -2.47. The number of hydrogen-bond donors (Lipinski definition) is 1. The second-order valence-electron chi connectivity index (χ2n) is 6.21. The third-order valence-corrected chi connectivity index (χ3v) is 4.28. The van der Waals surface area contributed by atoms with Gasteiger partial charge in [-0.2, -0.15) is 5.10 Å². The van der Waals surface area contributed by atoms with Crippen molar-refractivity contribution >= 4 is 11.5 Å². The lowest BCUT2D eigenvalue weighted by Crippen LogP contribution is -2.39. The van der Waals surface area contributed by atoms with Gasteiger partial charge in [0.2, 0.25) is 5.91 Å². The van der Waals surface area contributed by atoms with Gasteiger partial charge >= 0.3 is 0 Å². The topological polar surface area (TPSA) is 50.2 Å². The molecule has 0 spiro atoms. The molecule has 0 saturated carbocycles. The van der Waals surface area contributed by atoms with E-state index in [9.17, 15) is 9.18 Å². The van der Waals surface area contributed by atoms with Crippen LogP contribution in [0.25, 0.3) is 11.3 Å². The third kappa shape index (κ3) is 4.54. The summed E-state index contributed by atoms with van der Waals surface area (Å²) in [5, 5.41) is 7.27. The van der Waals surface area contributed by atoms with E-state index in [0.29, 0.717) is 6.54 Å². The van der Waals surface area contributed by atoms with Crippen molar-refractivity contribution in [3.63, 3.8) is 0 Å². The third-order valence-electron chi connectivity index (χ3n) is 4.28. The second-order valence-corrected chi connectivity index (χ2v) is 6.21. The van der Waals surface area contributed by atoms with Crippen molar-refractivity contribution in [2.45, 2.75) is 19.8 Å². The molecular formula is C19H23FN4O. The lowest BCUT2D eigenvalue weighted by atomic mass is 10.0. The highest BCUT2D eigenvalue weighted by Crippen LogP contribution is 2.22. The second kappa shape index (κ2) is 8.07. The van der Waals surface area contributed by atoms with E-state index in [0.717, 1.165) is 43.7 Å². The van der Waals surface area contributed by atoms with Crippen LogP contribution in [-0.2, 0) is 4.79 Å². The number of nitrogens with one attached hydrogen (secondary N) is 1. The Balaban J connectivity index is 1.60. The fourth-order valence-electron chi connectivity index (χ4n) is 2.86. The molecule has 5 nitrogen and oxygen atoms in total. The fraction of sp³-hybridized carbons (Fsp3) is 0.368. The Morgan fingerprint density at radius 2 is 2.12 bits per heavy atom. The molecule has 1 aliphatic heterocycles. The first-order valence-corrected chi connectivity index (χ1v) is 8.65.